The number of hydrogen-bond acceptors (Lipinski definition) is 4. The molecule has 0 aliphatic heterocycles. The first-order valence-electron chi connectivity index (χ1n) is 8.50. The van der Waals surface area contributed by atoms with Gasteiger partial charge >= 0.3 is 12.1 Å². The van der Waals surface area contributed by atoms with E-state index in [1.807, 2.05) is 24.3 Å². The van der Waals surface area contributed by atoms with Crippen LogP contribution in [0.1, 0.15) is 39.7 Å². The molecule has 3 amide bonds. The van der Waals surface area contributed by atoms with Gasteiger partial charge in [0, 0.05) is 13.1 Å². The lowest BCUT2D eigenvalue weighted by Crippen LogP contribution is -2.42. The standard InChI is InChI=1S/C18H29N3O4/c1-5-6-14-7-9-15(10-8-14)24-13-21-16(22)19-11-12-20-17(23)25-18(2,3)4/h7-10H,5-6,11-13H2,1-4H3,(H,20,23)(H2,19,21,22). The molecule has 0 fully saturated rings. The minimum Gasteiger partial charge on any atom is -0.473 e. The third-order valence-electron chi connectivity index (χ3n) is 3.01. The number of nitrogens with one attached hydrogen (secondary N) is 3. The molecule has 1 aromatic carbocycles. The van der Waals surface area contributed by atoms with Crippen molar-refractivity contribution in [3.63, 3.8) is 0 Å². The van der Waals surface area contributed by atoms with E-state index in [0.717, 1.165) is 12.8 Å². The van der Waals surface area contributed by atoms with Crippen LogP contribution >= 0.6 is 0 Å². The Morgan fingerprint density at radius 2 is 1.64 bits per heavy atom. The van der Waals surface area contributed by atoms with Gasteiger partial charge in [-0.2, -0.15) is 0 Å². The molecule has 0 saturated heterocycles. The summed E-state index contributed by atoms with van der Waals surface area (Å²) in [7, 11) is 0. The first-order chi connectivity index (χ1) is 11.8. The SMILES string of the molecule is CCCc1ccc(OCNC(=O)NCCNC(=O)OC(C)(C)C)cc1. The van der Waals surface area contributed by atoms with Crippen LogP contribution in [0.2, 0.25) is 0 Å². The number of urea groups is 1. The summed E-state index contributed by atoms with van der Waals surface area (Å²) in [6, 6.07) is 7.43. The molecule has 7 heteroatoms. The largest absolute Gasteiger partial charge is 0.473 e. The highest BCUT2D eigenvalue weighted by Crippen LogP contribution is 2.12. The Morgan fingerprint density at radius 3 is 2.24 bits per heavy atom. The number of rotatable bonds is 8. The van der Waals surface area contributed by atoms with Crippen molar-refractivity contribution in [2.45, 2.75) is 46.1 Å². The number of carbonyl (C=O) groups excluding carboxylic acids is 2. The molecule has 0 saturated carbocycles. The molecule has 0 spiro atoms. The highest BCUT2D eigenvalue weighted by molar-refractivity contribution is 5.73. The Hall–Kier alpha value is -2.44. The predicted octanol–water partition coefficient (Wildman–Crippen LogP) is 2.80. The lowest BCUT2D eigenvalue weighted by Gasteiger charge is -2.19. The highest BCUT2D eigenvalue weighted by Gasteiger charge is 2.15. The van der Waals surface area contributed by atoms with Crippen molar-refractivity contribution in [1.29, 1.82) is 0 Å². The number of amides is 3. The lowest BCUT2D eigenvalue weighted by molar-refractivity contribution is 0.0528. The van der Waals surface area contributed by atoms with Crippen LogP contribution in [0.5, 0.6) is 5.75 Å². The van der Waals surface area contributed by atoms with E-state index in [4.69, 9.17) is 9.47 Å². The molecular formula is C18H29N3O4. The Kier molecular flexibility index (Phi) is 8.60. The van der Waals surface area contributed by atoms with Crippen molar-refractivity contribution in [2.75, 3.05) is 19.8 Å². The molecule has 140 valence electrons. The molecule has 3 N–H and O–H groups in total. The van der Waals surface area contributed by atoms with Crippen molar-refractivity contribution in [2.24, 2.45) is 0 Å². The summed E-state index contributed by atoms with van der Waals surface area (Å²) < 4.78 is 10.5. The quantitative estimate of drug-likeness (QED) is 0.496. The van der Waals surface area contributed by atoms with E-state index >= 15 is 0 Å². The van der Waals surface area contributed by atoms with Crippen LogP contribution in [-0.4, -0.2) is 37.5 Å². The van der Waals surface area contributed by atoms with E-state index in [0.29, 0.717) is 5.75 Å². The number of aryl methyl sites for hydroxylation is 1. The van der Waals surface area contributed by atoms with Crippen LogP contribution in [0.3, 0.4) is 0 Å². The fourth-order valence-corrected chi connectivity index (χ4v) is 1.94. The fourth-order valence-electron chi connectivity index (χ4n) is 1.94. The lowest BCUT2D eigenvalue weighted by atomic mass is 10.1. The Balaban J connectivity index is 2.11. The molecular weight excluding hydrogens is 322 g/mol. The molecule has 0 radical (unpaired) electrons. The summed E-state index contributed by atoms with van der Waals surface area (Å²) >= 11 is 0. The fraction of sp³-hybridized carbons (Fsp3) is 0.556. The van der Waals surface area contributed by atoms with Gasteiger partial charge in [0.15, 0.2) is 6.73 Å². The van der Waals surface area contributed by atoms with Gasteiger partial charge in [-0.05, 0) is 44.9 Å². The third-order valence-corrected chi connectivity index (χ3v) is 3.01. The van der Waals surface area contributed by atoms with E-state index < -0.39 is 11.7 Å². The van der Waals surface area contributed by atoms with Gasteiger partial charge in [-0.15, -0.1) is 0 Å². The van der Waals surface area contributed by atoms with Gasteiger partial charge < -0.3 is 25.4 Å². The number of alkyl carbamates (subject to hydrolysis) is 1. The number of carbonyl (C=O) groups is 2. The van der Waals surface area contributed by atoms with Gasteiger partial charge in [0.25, 0.3) is 0 Å². The van der Waals surface area contributed by atoms with E-state index in [1.54, 1.807) is 20.8 Å². The monoisotopic (exact) mass is 351 g/mol. The molecule has 0 bridgehead atoms. The Bertz CT molecular complexity index is 538. The molecule has 25 heavy (non-hydrogen) atoms. The second kappa shape index (κ2) is 10.4. The van der Waals surface area contributed by atoms with Gasteiger partial charge in [0.2, 0.25) is 0 Å². The second-order valence-corrected chi connectivity index (χ2v) is 6.54. The van der Waals surface area contributed by atoms with E-state index in [9.17, 15) is 9.59 Å². The minimum atomic E-state index is -0.541. The summed E-state index contributed by atoms with van der Waals surface area (Å²) in [5.74, 6) is 0.701. The smallest absolute Gasteiger partial charge is 0.407 e. The van der Waals surface area contributed by atoms with Crippen LogP contribution in [0, 0.1) is 0 Å². The topological polar surface area (TPSA) is 88.7 Å². The zero-order chi connectivity index (χ0) is 18.7. The van der Waals surface area contributed by atoms with Crippen molar-refractivity contribution in [3.05, 3.63) is 29.8 Å². The van der Waals surface area contributed by atoms with E-state index in [-0.39, 0.29) is 25.9 Å². The maximum absolute atomic E-state index is 11.6. The molecule has 0 unspecified atom stereocenters. The average Bonchev–Trinajstić information content (AvgIpc) is 2.52. The van der Waals surface area contributed by atoms with Crippen molar-refractivity contribution < 1.29 is 19.1 Å². The number of ether oxygens (including phenoxy) is 2. The van der Waals surface area contributed by atoms with Crippen molar-refractivity contribution >= 4 is 12.1 Å². The summed E-state index contributed by atoms with van der Waals surface area (Å²) in [5, 5.41) is 7.75. The van der Waals surface area contributed by atoms with Gasteiger partial charge in [-0.25, -0.2) is 9.59 Å². The predicted molar refractivity (Wildman–Crippen MR) is 96.7 cm³/mol. The Morgan fingerprint density at radius 1 is 1.00 bits per heavy atom. The molecule has 7 nitrogen and oxygen atoms in total. The van der Waals surface area contributed by atoms with Crippen LogP contribution in [0.4, 0.5) is 9.59 Å². The molecule has 0 heterocycles. The maximum atomic E-state index is 11.6. The molecule has 0 aliphatic carbocycles. The first-order valence-corrected chi connectivity index (χ1v) is 8.50. The third kappa shape index (κ3) is 10.1. The summed E-state index contributed by atoms with van der Waals surface area (Å²) in [6.07, 6.45) is 1.63. The first kappa shape index (κ1) is 20.6. The zero-order valence-corrected chi connectivity index (χ0v) is 15.5. The van der Waals surface area contributed by atoms with Crippen molar-refractivity contribution in [1.82, 2.24) is 16.0 Å². The van der Waals surface area contributed by atoms with Crippen LogP contribution in [0.15, 0.2) is 24.3 Å². The van der Waals surface area contributed by atoms with Crippen LogP contribution in [-0.2, 0) is 11.2 Å². The summed E-state index contributed by atoms with van der Waals surface area (Å²) in [6.45, 7) is 8.13. The summed E-state index contributed by atoms with van der Waals surface area (Å²) in [4.78, 5) is 23.0. The molecule has 0 aromatic heterocycles. The van der Waals surface area contributed by atoms with Crippen LogP contribution in [0.25, 0.3) is 0 Å². The second-order valence-electron chi connectivity index (χ2n) is 6.54. The van der Waals surface area contributed by atoms with E-state index in [2.05, 4.69) is 22.9 Å². The Labute approximate surface area is 149 Å². The normalized spacial score (nSPS) is 10.7. The van der Waals surface area contributed by atoms with Gasteiger partial charge in [-0.3, -0.25) is 0 Å². The molecule has 1 rings (SSSR count). The van der Waals surface area contributed by atoms with Gasteiger partial charge in [0.05, 0.1) is 0 Å². The van der Waals surface area contributed by atoms with Gasteiger partial charge in [0.1, 0.15) is 11.4 Å². The minimum absolute atomic E-state index is 0.0679. The highest BCUT2D eigenvalue weighted by atomic mass is 16.6. The zero-order valence-electron chi connectivity index (χ0n) is 15.5. The summed E-state index contributed by atoms with van der Waals surface area (Å²) in [5.41, 5.74) is 0.721. The molecule has 0 atom stereocenters. The van der Waals surface area contributed by atoms with E-state index in [1.165, 1.54) is 5.56 Å². The maximum Gasteiger partial charge on any atom is 0.407 e. The molecule has 1 aromatic rings. The van der Waals surface area contributed by atoms with Crippen molar-refractivity contribution in [3.8, 4) is 5.75 Å². The molecule has 0 aliphatic rings. The average molecular weight is 351 g/mol. The number of hydrogen-bond donors (Lipinski definition) is 3. The van der Waals surface area contributed by atoms with Gasteiger partial charge in [-0.1, -0.05) is 25.5 Å². The van der Waals surface area contributed by atoms with Crippen LogP contribution < -0.4 is 20.7 Å². The number of benzene rings is 1.